The van der Waals surface area contributed by atoms with Crippen molar-refractivity contribution in [2.75, 3.05) is 0 Å². The first-order valence-corrected chi connectivity index (χ1v) is 7.73. The number of ether oxygens (including phenoxy) is 1. The molecule has 0 bridgehead atoms. The van der Waals surface area contributed by atoms with Crippen LogP contribution in [0.15, 0.2) is 35.7 Å². The molecule has 3 rings (SSSR count). The normalized spacial score (nSPS) is 11.3. The Morgan fingerprint density at radius 1 is 1.26 bits per heavy atom. The summed E-state index contributed by atoms with van der Waals surface area (Å²) in [7, 11) is 1.63. The van der Waals surface area contributed by atoms with E-state index in [1.807, 2.05) is 25.1 Å². The van der Waals surface area contributed by atoms with Crippen LogP contribution in [-0.2, 0) is 13.7 Å². The zero-order chi connectivity index (χ0) is 16.4. The number of alkyl halides is 2. The fourth-order valence-electron chi connectivity index (χ4n) is 2.29. The summed E-state index contributed by atoms with van der Waals surface area (Å²) in [5.74, 6) is -1.43. The van der Waals surface area contributed by atoms with E-state index in [2.05, 4.69) is 15.2 Å². The van der Waals surface area contributed by atoms with E-state index in [1.165, 1.54) is 4.57 Å². The Morgan fingerprint density at radius 3 is 2.87 bits per heavy atom. The van der Waals surface area contributed by atoms with Crippen LogP contribution < -0.4 is 4.74 Å². The fraction of sp³-hybridized carbons (Fsp3) is 0.267. The maximum Gasteiger partial charge on any atom is 0.291 e. The maximum absolute atomic E-state index is 12.4. The van der Waals surface area contributed by atoms with Gasteiger partial charge < -0.3 is 9.30 Å². The number of hydrogen-bond acceptors (Lipinski definition) is 5. The maximum atomic E-state index is 12.4. The number of thioether (sulfide) groups is 1. The van der Waals surface area contributed by atoms with Crippen LogP contribution in [0, 0.1) is 6.92 Å². The summed E-state index contributed by atoms with van der Waals surface area (Å²) in [5, 5.41) is 9.77. The number of pyridine rings is 1. The van der Waals surface area contributed by atoms with Crippen molar-refractivity contribution in [3.05, 3.63) is 42.0 Å². The van der Waals surface area contributed by atoms with Crippen LogP contribution in [0.2, 0.25) is 0 Å². The molecule has 0 unspecified atom stereocenters. The zero-order valence-electron chi connectivity index (χ0n) is 12.5. The van der Waals surface area contributed by atoms with Gasteiger partial charge in [0, 0.05) is 24.0 Å². The number of halogens is 2. The first-order chi connectivity index (χ1) is 11.1. The third-order valence-electron chi connectivity index (χ3n) is 3.43. The number of aromatic nitrogens is 4. The molecule has 120 valence electrons. The van der Waals surface area contributed by atoms with E-state index < -0.39 is 5.76 Å². The Balaban J connectivity index is 1.83. The highest BCUT2D eigenvalue weighted by atomic mass is 32.2. The number of benzene rings is 1. The second-order valence-electron chi connectivity index (χ2n) is 4.94. The minimum atomic E-state index is -2.53. The smallest absolute Gasteiger partial charge is 0.291 e. The standard InChI is InChI=1S/C15H14F2N4OS/c1-9-4-3-5-10-6-18-7-11(13(9)10)22-8-12-19-20-15(21(12)2)23-14(16)17/h3-7,14H,8H2,1-2H3. The van der Waals surface area contributed by atoms with E-state index in [9.17, 15) is 8.78 Å². The van der Waals surface area contributed by atoms with Gasteiger partial charge in [-0.1, -0.05) is 18.2 Å². The Bertz CT molecular complexity index is 832. The lowest BCUT2D eigenvalue weighted by molar-refractivity contribution is 0.251. The number of rotatable bonds is 5. The number of aryl methyl sites for hydroxylation is 1. The van der Waals surface area contributed by atoms with Gasteiger partial charge in [-0.3, -0.25) is 4.98 Å². The molecule has 5 nitrogen and oxygen atoms in total. The molecule has 1 aromatic carbocycles. The highest BCUT2D eigenvalue weighted by molar-refractivity contribution is 7.99. The molecule has 0 radical (unpaired) electrons. The second-order valence-corrected chi connectivity index (χ2v) is 5.89. The summed E-state index contributed by atoms with van der Waals surface area (Å²) in [6, 6.07) is 5.91. The predicted octanol–water partition coefficient (Wildman–Crippen LogP) is 3.57. The minimum absolute atomic E-state index is 0.127. The zero-order valence-corrected chi connectivity index (χ0v) is 13.3. The van der Waals surface area contributed by atoms with Gasteiger partial charge in [0.2, 0.25) is 0 Å². The molecule has 0 spiro atoms. The van der Waals surface area contributed by atoms with Crippen LogP contribution in [0.4, 0.5) is 8.78 Å². The average Bonchev–Trinajstić information content (AvgIpc) is 2.85. The molecule has 0 saturated carbocycles. The first kappa shape index (κ1) is 15.7. The van der Waals surface area contributed by atoms with Crippen LogP contribution in [0.1, 0.15) is 11.4 Å². The van der Waals surface area contributed by atoms with Gasteiger partial charge in [-0.25, -0.2) is 0 Å². The van der Waals surface area contributed by atoms with E-state index in [-0.39, 0.29) is 11.8 Å². The average molecular weight is 336 g/mol. The van der Waals surface area contributed by atoms with Crippen LogP contribution >= 0.6 is 11.8 Å². The van der Waals surface area contributed by atoms with E-state index in [4.69, 9.17) is 4.74 Å². The third-order valence-corrected chi connectivity index (χ3v) is 4.18. The Morgan fingerprint density at radius 2 is 2.09 bits per heavy atom. The van der Waals surface area contributed by atoms with Crippen molar-refractivity contribution in [3.8, 4) is 5.75 Å². The van der Waals surface area contributed by atoms with Crippen LogP contribution in [0.5, 0.6) is 5.75 Å². The molecule has 23 heavy (non-hydrogen) atoms. The van der Waals surface area contributed by atoms with Gasteiger partial charge in [0.15, 0.2) is 11.0 Å². The molecule has 2 heterocycles. The van der Waals surface area contributed by atoms with Gasteiger partial charge in [0.25, 0.3) is 5.76 Å². The van der Waals surface area contributed by atoms with Gasteiger partial charge in [-0.05, 0) is 24.2 Å². The van der Waals surface area contributed by atoms with Crippen molar-refractivity contribution in [2.45, 2.75) is 24.4 Å². The number of fused-ring (bicyclic) bond motifs is 1. The predicted molar refractivity (Wildman–Crippen MR) is 83.7 cm³/mol. The summed E-state index contributed by atoms with van der Waals surface area (Å²) in [4.78, 5) is 4.16. The molecule has 8 heteroatoms. The lowest BCUT2D eigenvalue weighted by Crippen LogP contribution is -2.05. The molecule has 2 aromatic heterocycles. The summed E-state index contributed by atoms with van der Waals surface area (Å²) in [6.45, 7) is 2.12. The van der Waals surface area contributed by atoms with Gasteiger partial charge in [0.05, 0.1) is 6.20 Å². The molecule has 3 aromatic rings. The topological polar surface area (TPSA) is 52.8 Å². The van der Waals surface area contributed by atoms with Crippen molar-refractivity contribution in [1.29, 1.82) is 0 Å². The molecule has 0 N–H and O–H groups in total. The number of nitrogens with zero attached hydrogens (tertiary/aromatic N) is 4. The Hall–Kier alpha value is -2.22. The highest BCUT2D eigenvalue weighted by Gasteiger charge is 2.15. The van der Waals surface area contributed by atoms with Gasteiger partial charge in [-0.2, -0.15) is 8.78 Å². The first-order valence-electron chi connectivity index (χ1n) is 6.85. The van der Waals surface area contributed by atoms with Gasteiger partial charge >= 0.3 is 0 Å². The molecular weight excluding hydrogens is 322 g/mol. The van der Waals surface area contributed by atoms with Crippen molar-refractivity contribution in [3.63, 3.8) is 0 Å². The Labute approximate surface area is 135 Å². The van der Waals surface area contributed by atoms with Crippen LogP contribution in [0.25, 0.3) is 10.8 Å². The molecule has 0 fully saturated rings. The van der Waals surface area contributed by atoms with Crippen LogP contribution in [0.3, 0.4) is 0 Å². The van der Waals surface area contributed by atoms with Crippen molar-refractivity contribution >= 4 is 22.5 Å². The highest BCUT2D eigenvalue weighted by Crippen LogP contribution is 2.28. The lowest BCUT2D eigenvalue weighted by Gasteiger charge is -2.10. The molecule has 0 aliphatic heterocycles. The van der Waals surface area contributed by atoms with Crippen molar-refractivity contribution in [2.24, 2.45) is 7.05 Å². The largest absolute Gasteiger partial charge is 0.483 e. The summed E-state index contributed by atoms with van der Waals surface area (Å²) in [6.07, 6.45) is 3.41. The Kier molecular flexibility index (Phi) is 4.42. The number of hydrogen-bond donors (Lipinski definition) is 0. The quantitative estimate of drug-likeness (QED) is 0.667. The molecule has 0 aliphatic carbocycles. The third kappa shape index (κ3) is 3.26. The molecule has 0 atom stereocenters. The van der Waals surface area contributed by atoms with E-state index >= 15 is 0 Å². The SMILES string of the molecule is Cc1cccc2cncc(OCc3nnc(SC(F)F)n3C)c12. The van der Waals surface area contributed by atoms with Crippen LogP contribution in [-0.4, -0.2) is 25.5 Å². The van der Waals surface area contributed by atoms with Crippen molar-refractivity contribution < 1.29 is 13.5 Å². The van der Waals surface area contributed by atoms with E-state index in [1.54, 1.807) is 19.4 Å². The molecule has 0 aliphatic rings. The fourth-order valence-corrected chi connectivity index (χ4v) is 2.80. The minimum Gasteiger partial charge on any atom is -0.483 e. The summed E-state index contributed by atoms with van der Waals surface area (Å²) < 4.78 is 32.1. The summed E-state index contributed by atoms with van der Waals surface area (Å²) in [5.41, 5.74) is 1.08. The van der Waals surface area contributed by atoms with Gasteiger partial charge in [-0.15, -0.1) is 10.2 Å². The van der Waals surface area contributed by atoms with E-state index in [0.29, 0.717) is 23.3 Å². The molecular formula is C15H14F2N4OS. The van der Waals surface area contributed by atoms with E-state index in [0.717, 1.165) is 16.3 Å². The monoisotopic (exact) mass is 336 g/mol. The molecule has 0 amide bonds. The van der Waals surface area contributed by atoms with Gasteiger partial charge in [0.1, 0.15) is 12.4 Å². The summed E-state index contributed by atoms with van der Waals surface area (Å²) >= 11 is 0.361. The molecule has 0 saturated heterocycles. The van der Waals surface area contributed by atoms with Crippen molar-refractivity contribution in [1.82, 2.24) is 19.7 Å². The lowest BCUT2D eigenvalue weighted by atomic mass is 10.1. The second kappa shape index (κ2) is 6.49.